The number of hydrogen-bond acceptors (Lipinski definition) is 4. The van der Waals surface area contributed by atoms with Crippen LogP contribution in [0.5, 0.6) is 0 Å². The Labute approximate surface area is 222 Å². The molecule has 1 aromatic heterocycles. The second-order valence-corrected chi connectivity index (χ2v) is 12.7. The van der Waals surface area contributed by atoms with E-state index < -0.39 is 17.5 Å². The number of nitrogens with zero attached hydrogens (tertiary/aromatic N) is 1. The lowest BCUT2D eigenvalue weighted by Crippen LogP contribution is -2.64. The second-order valence-electron chi connectivity index (χ2n) is 12.7. The summed E-state index contributed by atoms with van der Waals surface area (Å²) in [5, 5.41) is 0. The maximum atomic E-state index is 13.1. The van der Waals surface area contributed by atoms with Gasteiger partial charge in [0.15, 0.2) is 5.79 Å². The van der Waals surface area contributed by atoms with E-state index in [1.807, 2.05) is 26.0 Å². The molecule has 0 unspecified atom stereocenters. The highest BCUT2D eigenvalue weighted by Gasteiger charge is 2.68. The fraction of sp³-hybridized carbons (Fsp3) is 0.581. The van der Waals surface area contributed by atoms with E-state index in [1.54, 1.807) is 12.3 Å². The van der Waals surface area contributed by atoms with E-state index in [4.69, 9.17) is 14.2 Å². The van der Waals surface area contributed by atoms with E-state index in [1.165, 1.54) is 12.1 Å². The minimum atomic E-state index is -4.37. The summed E-state index contributed by atoms with van der Waals surface area (Å²) in [7, 11) is 0. The third-order valence-corrected chi connectivity index (χ3v) is 9.85. The van der Waals surface area contributed by atoms with Gasteiger partial charge in [0.05, 0.1) is 36.2 Å². The van der Waals surface area contributed by atoms with E-state index in [9.17, 15) is 13.2 Å². The summed E-state index contributed by atoms with van der Waals surface area (Å²) in [6.45, 7) is 10.3. The molecule has 0 N–H and O–H groups in total. The summed E-state index contributed by atoms with van der Waals surface area (Å²) in [6, 6.07) is 9.07. The normalized spacial score (nSPS) is 38.1. The van der Waals surface area contributed by atoms with Crippen molar-refractivity contribution >= 4 is 6.08 Å². The Morgan fingerprint density at radius 3 is 2.39 bits per heavy atom. The predicted octanol–water partition coefficient (Wildman–Crippen LogP) is 7.53. The van der Waals surface area contributed by atoms with E-state index in [0.29, 0.717) is 23.7 Å². The van der Waals surface area contributed by atoms with Crippen LogP contribution < -0.4 is 0 Å². The first-order chi connectivity index (χ1) is 17.8. The Kier molecular flexibility index (Phi) is 5.92. The van der Waals surface area contributed by atoms with Gasteiger partial charge in [0.2, 0.25) is 0 Å². The molecule has 4 nitrogen and oxygen atoms in total. The lowest BCUT2D eigenvalue weighted by Gasteiger charge is -2.63. The van der Waals surface area contributed by atoms with Gasteiger partial charge < -0.3 is 14.2 Å². The summed E-state index contributed by atoms with van der Waals surface area (Å²) >= 11 is 0. The SMILES string of the molecule is CC1(C)OC[C@@]2(C)[C@H]3CC[C@@]4(CO4)[C@@H](/C=C/c4ccc(-c5cccc(C(F)(F)F)c5)cn4)[C@]3(C)CC[C@H]2O1. The molecule has 6 atom stereocenters. The number of benzene rings is 1. The number of fused-ring (bicyclic) bond motifs is 3. The number of pyridine rings is 1. The monoisotopic (exact) mass is 527 g/mol. The molecule has 2 saturated carbocycles. The average molecular weight is 528 g/mol. The summed E-state index contributed by atoms with van der Waals surface area (Å²) < 4.78 is 58.2. The summed E-state index contributed by atoms with van der Waals surface area (Å²) in [5.41, 5.74) is 1.17. The first kappa shape index (κ1) is 26.0. The van der Waals surface area contributed by atoms with Crippen LogP contribution in [0.2, 0.25) is 0 Å². The van der Waals surface area contributed by atoms with Crippen molar-refractivity contribution in [2.75, 3.05) is 13.2 Å². The zero-order valence-corrected chi connectivity index (χ0v) is 22.5. The van der Waals surface area contributed by atoms with Gasteiger partial charge in [0.25, 0.3) is 0 Å². The molecular weight excluding hydrogens is 491 g/mol. The number of hydrogen-bond donors (Lipinski definition) is 0. The Morgan fingerprint density at radius 1 is 0.921 bits per heavy atom. The highest BCUT2D eigenvalue weighted by molar-refractivity contribution is 5.64. The topological polar surface area (TPSA) is 43.9 Å². The van der Waals surface area contributed by atoms with Gasteiger partial charge in [-0.2, -0.15) is 13.2 Å². The molecule has 0 bridgehead atoms. The number of aromatic nitrogens is 1. The summed E-state index contributed by atoms with van der Waals surface area (Å²) in [6.07, 6.45) is 6.00. The Balaban J connectivity index is 1.25. The van der Waals surface area contributed by atoms with Crippen LogP contribution in [0.1, 0.15) is 64.6 Å². The van der Waals surface area contributed by atoms with Crippen LogP contribution in [0, 0.1) is 22.7 Å². The van der Waals surface area contributed by atoms with Gasteiger partial charge in [-0.25, -0.2) is 0 Å². The number of rotatable bonds is 3. The molecule has 2 saturated heterocycles. The van der Waals surface area contributed by atoms with Crippen molar-refractivity contribution in [2.24, 2.45) is 22.7 Å². The van der Waals surface area contributed by atoms with Crippen molar-refractivity contribution in [3.8, 4) is 11.1 Å². The van der Waals surface area contributed by atoms with Gasteiger partial charge in [-0.1, -0.05) is 38.1 Å². The first-order valence-electron chi connectivity index (χ1n) is 13.6. The Hall–Kier alpha value is -2.22. The minimum Gasteiger partial charge on any atom is -0.369 e. The molecule has 2 aliphatic heterocycles. The molecule has 38 heavy (non-hydrogen) atoms. The lowest BCUT2D eigenvalue weighted by molar-refractivity contribution is -0.346. The van der Waals surface area contributed by atoms with Crippen molar-refractivity contribution < 1.29 is 27.4 Å². The Morgan fingerprint density at radius 2 is 1.71 bits per heavy atom. The molecule has 2 aromatic rings. The number of epoxide rings is 1. The molecule has 4 aliphatic rings. The van der Waals surface area contributed by atoms with Crippen LogP contribution in [-0.2, 0) is 20.4 Å². The Bertz CT molecular complexity index is 1240. The lowest BCUT2D eigenvalue weighted by atomic mass is 9.45. The fourth-order valence-corrected chi connectivity index (χ4v) is 7.75. The minimum absolute atomic E-state index is 0.0443. The standard InChI is InChI=1S/C31H36F3NO3/c1-27(2)36-18-29(4)24-12-15-30(19-37-30)25(28(24,3)14-13-26(29)38-27)11-10-23-9-8-21(17-35-23)20-6-5-7-22(16-20)31(32,33)34/h5-11,16-17,24-26H,12-15,18-19H2,1-4H3/b11-10+/t24-,25-,26+,28+,29-,30+/m0/s1. The van der Waals surface area contributed by atoms with E-state index in [0.717, 1.165) is 44.1 Å². The highest BCUT2D eigenvalue weighted by Crippen LogP contribution is 2.67. The van der Waals surface area contributed by atoms with Crippen LogP contribution in [0.3, 0.4) is 0 Å². The third-order valence-electron chi connectivity index (χ3n) is 9.85. The summed E-state index contributed by atoms with van der Waals surface area (Å²) in [5.74, 6) is 0.149. The van der Waals surface area contributed by atoms with Crippen LogP contribution in [-0.4, -0.2) is 35.7 Å². The zero-order chi connectivity index (χ0) is 27.0. The molecule has 0 radical (unpaired) electrons. The van der Waals surface area contributed by atoms with Crippen LogP contribution in [0.4, 0.5) is 13.2 Å². The maximum absolute atomic E-state index is 13.1. The number of alkyl halides is 3. The van der Waals surface area contributed by atoms with Gasteiger partial charge in [-0.15, -0.1) is 0 Å². The van der Waals surface area contributed by atoms with Crippen molar-refractivity contribution in [1.29, 1.82) is 0 Å². The predicted molar refractivity (Wildman–Crippen MR) is 139 cm³/mol. The second kappa shape index (κ2) is 8.64. The van der Waals surface area contributed by atoms with Gasteiger partial charge >= 0.3 is 6.18 Å². The maximum Gasteiger partial charge on any atom is 0.416 e. The first-order valence-corrected chi connectivity index (χ1v) is 13.6. The quantitative estimate of drug-likeness (QED) is 0.387. The van der Waals surface area contributed by atoms with E-state index >= 15 is 0 Å². The number of ether oxygens (including phenoxy) is 3. The molecule has 6 rings (SSSR count). The smallest absolute Gasteiger partial charge is 0.369 e. The molecule has 3 heterocycles. The zero-order valence-electron chi connectivity index (χ0n) is 22.5. The average Bonchev–Trinajstić information content (AvgIpc) is 3.64. The van der Waals surface area contributed by atoms with Crippen molar-refractivity contribution in [3.63, 3.8) is 0 Å². The van der Waals surface area contributed by atoms with Gasteiger partial charge in [-0.3, -0.25) is 4.98 Å². The molecule has 4 fully saturated rings. The molecule has 7 heteroatoms. The molecule has 1 aromatic carbocycles. The van der Waals surface area contributed by atoms with Gasteiger partial charge in [0, 0.05) is 23.1 Å². The van der Waals surface area contributed by atoms with Crippen LogP contribution in [0.25, 0.3) is 17.2 Å². The van der Waals surface area contributed by atoms with Crippen molar-refractivity contribution in [3.05, 3.63) is 59.9 Å². The van der Waals surface area contributed by atoms with Crippen LogP contribution >= 0.6 is 0 Å². The summed E-state index contributed by atoms with van der Waals surface area (Å²) in [4.78, 5) is 4.57. The van der Waals surface area contributed by atoms with Gasteiger partial charge in [-0.05, 0) is 80.7 Å². The molecule has 0 amide bonds. The van der Waals surface area contributed by atoms with E-state index in [-0.39, 0.29) is 28.5 Å². The highest BCUT2D eigenvalue weighted by atomic mass is 19.4. The van der Waals surface area contributed by atoms with Crippen LogP contribution in [0.15, 0.2) is 48.7 Å². The third kappa shape index (κ3) is 4.31. The van der Waals surface area contributed by atoms with Crippen molar-refractivity contribution in [1.82, 2.24) is 4.98 Å². The largest absolute Gasteiger partial charge is 0.416 e. The number of halogens is 3. The molecular formula is C31H36F3NO3. The molecule has 204 valence electrons. The van der Waals surface area contributed by atoms with Gasteiger partial charge in [0.1, 0.15) is 0 Å². The molecule has 1 spiro atoms. The molecule has 2 aliphatic carbocycles. The fourth-order valence-electron chi connectivity index (χ4n) is 7.75. The van der Waals surface area contributed by atoms with Crippen molar-refractivity contribution in [2.45, 2.75) is 77.0 Å². The van der Waals surface area contributed by atoms with E-state index in [2.05, 4.69) is 31.0 Å².